The molecule has 1 aromatic carbocycles. The summed E-state index contributed by atoms with van der Waals surface area (Å²) in [5.74, 6) is -0.0405. The van der Waals surface area contributed by atoms with Crippen LogP contribution in [0.5, 0.6) is 5.75 Å². The third kappa shape index (κ3) is 4.42. The van der Waals surface area contributed by atoms with Crippen molar-refractivity contribution in [3.8, 4) is 5.75 Å². The summed E-state index contributed by atoms with van der Waals surface area (Å²) in [6.45, 7) is 1.67. The first-order valence-electron chi connectivity index (χ1n) is 4.08. The van der Waals surface area contributed by atoms with Crippen molar-refractivity contribution < 1.29 is 14.5 Å². The van der Waals surface area contributed by atoms with Gasteiger partial charge in [-0.15, -0.1) is 0 Å². The number of esters is 1. The van der Waals surface area contributed by atoms with E-state index < -0.39 is 4.92 Å². The molecule has 0 saturated carbocycles. The molecular formula is C9H10NNaO4. The zero-order valence-electron chi connectivity index (χ0n) is 7.60. The standard InChI is InChI=1S/C9H9NO4.Na.H/c1-2-9(11)14-8-5-3-7(4-6-8)10(12)13;;/h3-6H,2H2,1H3;;. The second-order valence-electron chi connectivity index (χ2n) is 2.58. The predicted molar refractivity (Wildman–Crippen MR) is 56.2 cm³/mol. The third-order valence-electron chi connectivity index (χ3n) is 1.57. The zero-order chi connectivity index (χ0) is 10.6. The van der Waals surface area contributed by atoms with Gasteiger partial charge in [0.25, 0.3) is 5.69 Å². The van der Waals surface area contributed by atoms with Crippen LogP contribution in [0.15, 0.2) is 24.3 Å². The van der Waals surface area contributed by atoms with Crippen molar-refractivity contribution in [1.82, 2.24) is 0 Å². The first kappa shape index (κ1) is 14.1. The number of nitro groups is 1. The molecule has 0 unspecified atom stereocenters. The summed E-state index contributed by atoms with van der Waals surface area (Å²) in [5.41, 5.74) is -0.0266. The minimum absolute atomic E-state index is 0. The average molecular weight is 219 g/mol. The fraction of sp³-hybridized carbons (Fsp3) is 0.222. The first-order valence-corrected chi connectivity index (χ1v) is 4.08. The molecule has 76 valence electrons. The van der Waals surface area contributed by atoms with E-state index in [0.717, 1.165) is 0 Å². The van der Waals surface area contributed by atoms with Crippen LogP contribution in [0.4, 0.5) is 5.69 Å². The SMILES string of the molecule is CCC(=O)Oc1ccc([N+](=O)[O-])cc1.[NaH]. The summed E-state index contributed by atoms with van der Waals surface area (Å²) in [7, 11) is 0. The van der Waals surface area contributed by atoms with Crippen LogP contribution >= 0.6 is 0 Å². The van der Waals surface area contributed by atoms with E-state index in [2.05, 4.69) is 0 Å². The summed E-state index contributed by atoms with van der Waals surface area (Å²) in [5, 5.41) is 10.3. The van der Waals surface area contributed by atoms with Crippen LogP contribution < -0.4 is 4.74 Å². The molecule has 1 aromatic rings. The topological polar surface area (TPSA) is 69.4 Å². The summed E-state index contributed by atoms with van der Waals surface area (Å²) in [6.07, 6.45) is 0.275. The fourth-order valence-electron chi connectivity index (χ4n) is 0.840. The Balaban J connectivity index is 0.00000196. The Morgan fingerprint density at radius 2 is 1.93 bits per heavy atom. The number of hydrogen-bond acceptors (Lipinski definition) is 4. The Kier molecular flexibility index (Phi) is 6.15. The number of nitro benzene ring substituents is 1. The average Bonchev–Trinajstić information content (AvgIpc) is 2.18. The van der Waals surface area contributed by atoms with Crippen molar-refractivity contribution in [2.75, 3.05) is 0 Å². The summed E-state index contributed by atoms with van der Waals surface area (Å²) < 4.78 is 4.84. The molecule has 0 fully saturated rings. The van der Waals surface area contributed by atoms with Crippen LogP contribution in [0.2, 0.25) is 0 Å². The first-order chi connectivity index (χ1) is 6.63. The van der Waals surface area contributed by atoms with Gasteiger partial charge in [0.1, 0.15) is 5.75 Å². The molecule has 0 aliphatic heterocycles. The number of carbonyl (C=O) groups is 1. The molecule has 0 N–H and O–H groups in total. The number of non-ortho nitro benzene ring substituents is 1. The quantitative estimate of drug-likeness (QED) is 0.252. The van der Waals surface area contributed by atoms with Gasteiger partial charge in [0.2, 0.25) is 0 Å². The van der Waals surface area contributed by atoms with E-state index >= 15 is 0 Å². The Morgan fingerprint density at radius 3 is 2.33 bits per heavy atom. The van der Waals surface area contributed by atoms with Crippen molar-refractivity contribution in [2.24, 2.45) is 0 Å². The number of ether oxygens (including phenoxy) is 1. The normalized spacial score (nSPS) is 8.87. The van der Waals surface area contributed by atoms with Crippen molar-refractivity contribution in [3.63, 3.8) is 0 Å². The summed E-state index contributed by atoms with van der Waals surface area (Å²) in [4.78, 5) is 20.6. The molecule has 0 saturated heterocycles. The minimum atomic E-state index is -0.509. The van der Waals surface area contributed by atoms with Gasteiger partial charge in [0.05, 0.1) is 4.92 Å². The fourth-order valence-corrected chi connectivity index (χ4v) is 0.840. The Hall–Kier alpha value is -0.910. The van der Waals surface area contributed by atoms with Crippen molar-refractivity contribution >= 4 is 41.2 Å². The van der Waals surface area contributed by atoms with Crippen LogP contribution in [-0.4, -0.2) is 40.4 Å². The van der Waals surface area contributed by atoms with Crippen LogP contribution in [0.3, 0.4) is 0 Å². The van der Waals surface area contributed by atoms with Gasteiger partial charge in [-0.1, -0.05) is 6.92 Å². The number of carbonyl (C=O) groups excluding carboxylic acids is 1. The monoisotopic (exact) mass is 219 g/mol. The van der Waals surface area contributed by atoms with E-state index in [-0.39, 0.29) is 47.6 Å². The molecular weight excluding hydrogens is 209 g/mol. The molecule has 0 bridgehead atoms. The molecule has 0 aliphatic rings. The van der Waals surface area contributed by atoms with E-state index in [4.69, 9.17) is 4.74 Å². The number of hydrogen-bond donors (Lipinski definition) is 0. The van der Waals surface area contributed by atoms with Crippen LogP contribution in [0.25, 0.3) is 0 Å². The second-order valence-corrected chi connectivity index (χ2v) is 2.58. The van der Waals surface area contributed by atoms with Gasteiger partial charge in [0.15, 0.2) is 0 Å². The van der Waals surface area contributed by atoms with Gasteiger partial charge in [0, 0.05) is 18.6 Å². The second kappa shape index (κ2) is 6.55. The van der Waals surface area contributed by atoms with Crippen LogP contribution in [0, 0.1) is 10.1 Å². The summed E-state index contributed by atoms with van der Waals surface area (Å²) in [6, 6.07) is 5.37. The molecule has 0 aromatic heterocycles. The van der Waals surface area contributed by atoms with E-state index in [1.54, 1.807) is 6.92 Å². The molecule has 5 nitrogen and oxygen atoms in total. The van der Waals surface area contributed by atoms with Gasteiger partial charge >= 0.3 is 35.5 Å². The van der Waals surface area contributed by atoms with E-state index in [9.17, 15) is 14.9 Å². The van der Waals surface area contributed by atoms with Crippen molar-refractivity contribution in [1.29, 1.82) is 0 Å². The number of rotatable bonds is 3. The molecule has 15 heavy (non-hydrogen) atoms. The molecule has 0 amide bonds. The molecule has 0 aliphatic carbocycles. The van der Waals surface area contributed by atoms with Crippen LogP contribution in [0.1, 0.15) is 13.3 Å². The van der Waals surface area contributed by atoms with Crippen molar-refractivity contribution in [3.05, 3.63) is 34.4 Å². The van der Waals surface area contributed by atoms with Gasteiger partial charge in [-0.25, -0.2) is 0 Å². The molecule has 0 atom stereocenters. The van der Waals surface area contributed by atoms with E-state index in [0.29, 0.717) is 5.75 Å². The summed E-state index contributed by atoms with van der Waals surface area (Å²) >= 11 is 0. The maximum absolute atomic E-state index is 10.8. The Labute approximate surface area is 109 Å². The molecule has 1 rings (SSSR count). The third-order valence-corrected chi connectivity index (χ3v) is 1.57. The zero-order valence-corrected chi connectivity index (χ0v) is 7.60. The van der Waals surface area contributed by atoms with E-state index in [1.165, 1.54) is 24.3 Å². The van der Waals surface area contributed by atoms with Gasteiger partial charge in [-0.05, 0) is 12.1 Å². The van der Waals surface area contributed by atoms with E-state index in [1.807, 2.05) is 0 Å². The van der Waals surface area contributed by atoms with Crippen molar-refractivity contribution in [2.45, 2.75) is 13.3 Å². The maximum atomic E-state index is 10.8. The number of nitrogens with zero attached hydrogens (tertiary/aromatic N) is 1. The molecule has 0 radical (unpaired) electrons. The molecule has 6 heteroatoms. The molecule has 0 heterocycles. The number of benzene rings is 1. The van der Waals surface area contributed by atoms with Gasteiger partial charge in [-0.2, -0.15) is 0 Å². The Bertz CT molecular complexity index is 350. The predicted octanol–water partition coefficient (Wildman–Crippen LogP) is 1.26. The van der Waals surface area contributed by atoms with Gasteiger partial charge in [-0.3, -0.25) is 14.9 Å². The van der Waals surface area contributed by atoms with Gasteiger partial charge < -0.3 is 4.74 Å². The molecule has 0 spiro atoms. The van der Waals surface area contributed by atoms with Crippen LogP contribution in [-0.2, 0) is 4.79 Å². The Morgan fingerprint density at radius 1 is 1.40 bits per heavy atom.